The normalized spacial score (nSPS) is 10.0. The molecule has 21 heavy (non-hydrogen) atoms. The van der Waals surface area contributed by atoms with Crippen molar-refractivity contribution < 1.29 is 9.59 Å². The van der Waals surface area contributed by atoms with Gasteiger partial charge in [0.2, 0.25) is 11.8 Å². The van der Waals surface area contributed by atoms with Gasteiger partial charge in [0.1, 0.15) is 6.42 Å². The Hall–Kier alpha value is -2.04. The number of carbonyl (C=O) groups is 2. The molecule has 2 rings (SSSR count). The fraction of sp³-hybridized carbons (Fsp3) is 0.0667. The predicted octanol–water partition coefficient (Wildman–Crippen LogP) is 3.96. The summed E-state index contributed by atoms with van der Waals surface area (Å²) in [5.41, 5.74) is 1.13. The third-order valence-electron chi connectivity index (χ3n) is 2.56. The summed E-state index contributed by atoms with van der Waals surface area (Å²) >= 11 is 11.6. The highest BCUT2D eigenvalue weighted by atomic mass is 35.5. The minimum atomic E-state index is -0.413. The van der Waals surface area contributed by atoms with Crippen LogP contribution < -0.4 is 10.6 Å². The van der Waals surface area contributed by atoms with E-state index in [9.17, 15) is 9.59 Å². The van der Waals surface area contributed by atoms with E-state index in [1.807, 2.05) is 0 Å². The molecule has 6 heteroatoms. The van der Waals surface area contributed by atoms with Crippen LogP contribution in [0, 0.1) is 0 Å². The van der Waals surface area contributed by atoms with Crippen molar-refractivity contribution >= 4 is 46.4 Å². The molecule has 0 saturated heterocycles. The number of carbonyl (C=O) groups excluding carboxylic acids is 2. The highest BCUT2D eigenvalue weighted by molar-refractivity contribution is 6.31. The third kappa shape index (κ3) is 5.10. The molecule has 0 spiro atoms. The van der Waals surface area contributed by atoms with E-state index in [0.29, 0.717) is 21.4 Å². The standard InChI is InChI=1S/C15H12Cl2N2O2/c16-10-4-6-12(7-5-10)18-14(20)9-15(21)19-13-3-1-2-11(17)8-13/h1-8H,9H2,(H,18,20)(H,19,21). The van der Waals surface area contributed by atoms with Gasteiger partial charge < -0.3 is 10.6 Å². The number of hydrogen-bond acceptors (Lipinski definition) is 2. The number of hydrogen-bond donors (Lipinski definition) is 2. The summed E-state index contributed by atoms with van der Waals surface area (Å²) in [5, 5.41) is 6.30. The van der Waals surface area contributed by atoms with Gasteiger partial charge in [0.25, 0.3) is 0 Å². The van der Waals surface area contributed by atoms with Gasteiger partial charge in [-0.15, -0.1) is 0 Å². The Kier molecular flexibility index (Phi) is 5.20. The van der Waals surface area contributed by atoms with Crippen LogP contribution in [0.25, 0.3) is 0 Å². The Balaban J connectivity index is 1.87. The van der Waals surface area contributed by atoms with Crippen molar-refractivity contribution in [1.82, 2.24) is 0 Å². The Morgan fingerprint density at radius 3 is 2.05 bits per heavy atom. The quantitative estimate of drug-likeness (QED) is 0.837. The summed E-state index contributed by atoms with van der Waals surface area (Å²) in [4.78, 5) is 23.5. The second kappa shape index (κ2) is 7.11. The van der Waals surface area contributed by atoms with E-state index < -0.39 is 11.8 Å². The van der Waals surface area contributed by atoms with E-state index in [0.717, 1.165) is 0 Å². The summed E-state index contributed by atoms with van der Waals surface area (Å²) in [6, 6.07) is 13.4. The molecule has 0 radical (unpaired) electrons. The molecular weight excluding hydrogens is 311 g/mol. The van der Waals surface area contributed by atoms with E-state index in [4.69, 9.17) is 23.2 Å². The maximum Gasteiger partial charge on any atom is 0.233 e. The molecule has 4 nitrogen and oxygen atoms in total. The topological polar surface area (TPSA) is 58.2 Å². The Bertz CT molecular complexity index is 657. The van der Waals surface area contributed by atoms with Gasteiger partial charge in [-0.05, 0) is 42.5 Å². The molecule has 0 bridgehead atoms. The van der Waals surface area contributed by atoms with Gasteiger partial charge in [-0.3, -0.25) is 9.59 Å². The first-order valence-electron chi connectivity index (χ1n) is 6.14. The fourth-order valence-electron chi connectivity index (χ4n) is 1.66. The highest BCUT2D eigenvalue weighted by Crippen LogP contribution is 2.16. The average molecular weight is 323 g/mol. The molecule has 0 heterocycles. The predicted molar refractivity (Wildman–Crippen MR) is 84.8 cm³/mol. The summed E-state index contributed by atoms with van der Waals surface area (Å²) < 4.78 is 0. The monoisotopic (exact) mass is 322 g/mol. The van der Waals surface area contributed by atoms with E-state index in [1.54, 1.807) is 48.5 Å². The summed E-state index contributed by atoms with van der Waals surface area (Å²) in [5.74, 6) is -0.819. The average Bonchev–Trinajstić information content (AvgIpc) is 2.41. The summed E-state index contributed by atoms with van der Waals surface area (Å²) in [6.07, 6.45) is -0.283. The maximum atomic E-state index is 11.7. The molecule has 2 aromatic rings. The Morgan fingerprint density at radius 2 is 1.43 bits per heavy atom. The smallest absolute Gasteiger partial charge is 0.233 e. The Labute approximate surface area is 132 Å². The molecule has 0 fully saturated rings. The van der Waals surface area contributed by atoms with Crippen LogP contribution in [0.1, 0.15) is 6.42 Å². The molecule has 0 aliphatic carbocycles. The van der Waals surface area contributed by atoms with Crippen molar-refractivity contribution in [3.8, 4) is 0 Å². The second-order valence-electron chi connectivity index (χ2n) is 4.29. The third-order valence-corrected chi connectivity index (χ3v) is 3.04. The molecule has 2 N–H and O–H groups in total. The lowest BCUT2D eigenvalue weighted by molar-refractivity contribution is -0.123. The molecule has 0 atom stereocenters. The number of halogens is 2. The zero-order valence-corrected chi connectivity index (χ0v) is 12.4. The summed E-state index contributed by atoms with van der Waals surface area (Å²) in [6.45, 7) is 0. The lowest BCUT2D eigenvalue weighted by Gasteiger charge is -2.07. The van der Waals surface area contributed by atoms with Gasteiger partial charge in [-0.1, -0.05) is 29.3 Å². The van der Waals surface area contributed by atoms with Crippen LogP contribution in [0.4, 0.5) is 11.4 Å². The van der Waals surface area contributed by atoms with Crippen LogP contribution in [-0.4, -0.2) is 11.8 Å². The molecule has 2 amide bonds. The molecular formula is C15H12Cl2N2O2. The number of benzene rings is 2. The van der Waals surface area contributed by atoms with Crippen molar-refractivity contribution in [3.63, 3.8) is 0 Å². The van der Waals surface area contributed by atoms with Crippen molar-refractivity contribution in [2.24, 2.45) is 0 Å². The minimum Gasteiger partial charge on any atom is -0.326 e. The first-order chi connectivity index (χ1) is 10.0. The maximum absolute atomic E-state index is 11.7. The van der Waals surface area contributed by atoms with Crippen LogP contribution in [0.3, 0.4) is 0 Å². The van der Waals surface area contributed by atoms with Gasteiger partial charge in [0.05, 0.1) is 0 Å². The minimum absolute atomic E-state index is 0.283. The summed E-state index contributed by atoms with van der Waals surface area (Å²) in [7, 11) is 0. The van der Waals surface area contributed by atoms with Crippen LogP contribution in [-0.2, 0) is 9.59 Å². The number of rotatable bonds is 4. The van der Waals surface area contributed by atoms with E-state index in [-0.39, 0.29) is 6.42 Å². The van der Waals surface area contributed by atoms with Crippen LogP contribution in [0.15, 0.2) is 48.5 Å². The van der Waals surface area contributed by atoms with Gasteiger partial charge >= 0.3 is 0 Å². The molecule has 0 aliphatic rings. The first-order valence-corrected chi connectivity index (χ1v) is 6.89. The Morgan fingerprint density at radius 1 is 0.810 bits per heavy atom. The van der Waals surface area contributed by atoms with Gasteiger partial charge in [0, 0.05) is 21.4 Å². The zero-order chi connectivity index (χ0) is 15.2. The van der Waals surface area contributed by atoms with E-state index >= 15 is 0 Å². The second-order valence-corrected chi connectivity index (χ2v) is 5.16. The van der Waals surface area contributed by atoms with Crippen molar-refractivity contribution in [2.75, 3.05) is 10.6 Å². The lowest BCUT2D eigenvalue weighted by Crippen LogP contribution is -2.21. The fourth-order valence-corrected chi connectivity index (χ4v) is 1.97. The molecule has 0 aliphatic heterocycles. The highest BCUT2D eigenvalue weighted by Gasteiger charge is 2.10. The van der Waals surface area contributed by atoms with Crippen LogP contribution >= 0.6 is 23.2 Å². The molecule has 0 aromatic heterocycles. The molecule has 0 unspecified atom stereocenters. The number of anilines is 2. The van der Waals surface area contributed by atoms with E-state index in [2.05, 4.69) is 10.6 Å². The lowest BCUT2D eigenvalue weighted by atomic mass is 10.3. The first kappa shape index (κ1) is 15.4. The SMILES string of the molecule is O=C(CC(=O)Nc1cccc(Cl)c1)Nc1ccc(Cl)cc1. The van der Waals surface area contributed by atoms with Crippen molar-refractivity contribution in [3.05, 3.63) is 58.6 Å². The number of nitrogens with one attached hydrogen (secondary N) is 2. The van der Waals surface area contributed by atoms with Crippen LogP contribution in [0.2, 0.25) is 10.0 Å². The molecule has 2 aromatic carbocycles. The van der Waals surface area contributed by atoms with E-state index in [1.165, 1.54) is 0 Å². The molecule has 108 valence electrons. The van der Waals surface area contributed by atoms with Crippen molar-refractivity contribution in [1.29, 1.82) is 0 Å². The largest absolute Gasteiger partial charge is 0.326 e. The van der Waals surface area contributed by atoms with Gasteiger partial charge in [-0.2, -0.15) is 0 Å². The van der Waals surface area contributed by atoms with Crippen LogP contribution in [0.5, 0.6) is 0 Å². The van der Waals surface area contributed by atoms with Gasteiger partial charge in [-0.25, -0.2) is 0 Å². The van der Waals surface area contributed by atoms with Crippen molar-refractivity contribution in [2.45, 2.75) is 6.42 Å². The van der Waals surface area contributed by atoms with Gasteiger partial charge in [0.15, 0.2) is 0 Å². The number of amides is 2. The molecule has 0 saturated carbocycles. The zero-order valence-electron chi connectivity index (χ0n) is 10.9.